The topological polar surface area (TPSA) is 58.5 Å². The van der Waals surface area contributed by atoms with Crippen molar-refractivity contribution >= 4 is 11.4 Å². The van der Waals surface area contributed by atoms with Gasteiger partial charge in [0, 0.05) is 18.2 Å². The largest absolute Gasteiger partial charge is 0.491 e. The Morgan fingerprint density at radius 3 is 2.04 bits per heavy atom. The maximum atomic E-state index is 5.79. The Morgan fingerprint density at radius 2 is 1.42 bits per heavy atom. The number of nitrogens with zero attached hydrogens (tertiary/aromatic N) is 1. The molecule has 1 aromatic rings. The van der Waals surface area contributed by atoms with Crippen molar-refractivity contribution < 1.29 is 23.7 Å². The number of ether oxygens (including phenoxy) is 5. The molecule has 26 heavy (non-hydrogen) atoms. The van der Waals surface area contributed by atoms with Crippen LogP contribution in [0, 0.1) is 0 Å². The van der Waals surface area contributed by atoms with Gasteiger partial charge in [-0.3, -0.25) is 4.99 Å². The van der Waals surface area contributed by atoms with E-state index in [4.69, 9.17) is 23.7 Å². The van der Waals surface area contributed by atoms with Crippen molar-refractivity contribution in [2.45, 2.75) is 26.2 Å². The summed E-state index contributed by atoms with van der Waals surface area (Å²) in [7, 11) is 1.65. The fourth-order valence-corrected chi connectivity index (χ4v) is 2.62. The van der Waals surface area contributed by atoms with Gasteiger partial charge in [0.05, 0.1) is 51.9 Å². The van der Waals surface area contributed by atoms with Gasteiger partial charge in [0.15, 0.2) is 0 Å². The van der Waals surface area contributed by atoms with Gasteiger partial charge < -0.3 is 23.7 Å². The quantitative estimate of drug-likeness (QED) is 0.503. The average Bonchev–Trinajstić information content (AvgIpc) is 2.85. The summed E-state index contributed by atoms with van der Waals surface area (Å²) in [4.78, 5) is 4.62. The number of hydrogen-bond acceptors (Lipinski definition) is 6. The zero-order valence-corrected chi connectivity index (χ0v) is 16.4. The van der Waals surface area contributed by atoms with Crippen molar-refractivity contribution in [1.82, 2.24) is 0 Å². The minimum atomic E-state index is -0.0319. The van der Waals surface area contributed by atoms with Crippen LogP contribution >= 0.6 is 0 Å². The lowest BCUT2D eigenvalue weighted by molar-refractivity contribution is 0.000161. The normalized spacial score (nSPS) is 15.0. The second kappa shape index (κ2) is 10.6. The first-order valence-electron chi connectivity index (χ1n) is 9.11. The van der Waals surface area contributed by atoms with Crippen molar-refractivity contribution in [3.05, 3.63) is 23.8 Å². The van der Waals surface area contributed by atoms with Gasteiger partial charge in [0.25, 0.3) is 0 Å². The summed E-state index contributed by atoms with van der Waals surface area (Å²) in [6, 6.07) is 6.07. The molecule has 0 amide bonds. The highest BCUT2D eigenvalue weighted by atomic mass is 16.6. The first-order chi connectivity index (χ1) is 12.6. The van der Waals surface area contributed by atoms with E-state index in [9.17, 15) is 0 Å². The smallest absolute Gasteiger partial charge is 0.119 e. The van der Waals surface area contributed by atoms with E-state index >= 15 is 0 Å². The standard InChI is InChI=1S/C20H31NO5/c1-16-20(2,3)18-15-17(5-6-19(18)21-16)26-14-13-25-12-11-24-10-9-23-8-7-22-4/h5-6,15H,7-14H2,1-4H3. The molecule has 0 spiro atoms. The average molecular weight is 365 g/mol. The third-order valence-electron chi connectivity index (χ3n) is 4.51. The van der Waals surface area contributed by atoms with Crippen molar-refractivity contribution in [1.29, 1.82) is 0 Å². The SMILES string of the molecule is COCCOCCOCCOCCOc1ccc2c(c1)C(C)(C)C(C)=N2. The molecule has 6 nitrogen and oxygen atoms in total. The molecule has 2 rings (SSSR count). The third-order valence-corrected chi connectivity index (χ3v) is 4.51. The van der Waals surface area contributed by atoms with Gasteiger partial charge >= 0.3 is 0 Å². The molecule has 0 fully saturated rings. The summed E-state index contributed by atoms with van der Waals surface area (Å²) in [5.41, 5.74) is 3.36. The highest BCUT2D eigenvalue weighted by Gasteiger charge is 2.32. The van der Waals surface area contributed by atoms with Crippen LogP contribution in [0.1, 0.15) is 26.3 Å². The van der Waals surface area contributed by atoms with Crippen LogP contribution in [0.25, 0.3) is 0 Å². The van der Waals surface area contributed by atoms with Crippen LogP contribution in [0.2, 0.25) is 0 Å². The monoisotopic (exact) mass is 365 g/mol. The maximum Gasteiger partial charge on any atom is 0.119 e. The Morgan fingerprint density at radius 1 is 0.846 bits per heavy atom. The zero-order chi connectivity index (χ0) is 18.8. The van der Waals surface area contributed by atoms with Crippen molar-refractivity contribution in [3.8, 4) is 5.75 Å². The van der Waals surface area contributed by atoms with E-state index in [1.165, 1.54) is 5.56 Å². The minimum Gasteiger partial charge on any atom is -0.491 e. The molecule has 0 aromatic heterocycles. The number of aliphatic imine (C=N–C) groups is 1. The van der Waals surface area contributed by atoms with Gasteiger partial charge in [-0.15, -0.1) is 0 Å². The lowest BCUT2D eigenvalue weighted by atomic mass is 9.82. The first kappa shape index (κ1) is 20.8. The molecule has 0 N–H and O–H groups in total. The van der Waals surface area contributed by atoms with Crippen LogP contribution < -0.4 is 4.74 Å². The summed E-state index contributed by atoms with van der Waals surface area (Å²) in [6.45, 7) is 10.9. The van der Waals surface area contributed by atoms with E-state index in [0.717, 1.165) is 17.1 Å². The predicted molar refractivity (Wildman–Crippen MR) is 102 cm³/mol. The lowest BCUT2D eigenvalue weighted by Gasteiger charge is -2.20. The minimum absolute atomic E-state index is 0.0319. The Hall–Kier alpha value is -1.47. The van der Waals surface area contributed by atoms with Crippen molar-refractivity contribution in [2.75, 3.05) is 60.0 Å². The van der Waals surface area contributed by atoms with Crippen molar-refractivity contribution in [3.63, 3.8) is 0 Å². The zero-order valence-electron chi connectivity index (χ0n) is 16.4. The van der Waals surface area contributed by atoms with Crippen LogP contribution in [0.3, 0.4) is 0 Å². The number of benzene rings is 1. The predicted octanol–water partition coefficient (Wildman–Crippen LogP) is 3.15. The number of rotatable bonds is 13. The van der Waals surface area contributed by atoms with Gasteiger partial charge in [-0.05, 0) is 30.7 Å². The molecule has 1 heterocycles. The molecule has 0 bridgehead atoms. The van der Waals surface area contributed by atoms with Crippen LogP contribution in [0.15, 0.2) is 23.2 Å². The van der Waals surface area contributed by atoms with Gasteiger partial charge in [-0.25, -0.2) is 0 Å². The molecule has 6 heteroatoms. The van der Waals surface area contributed by atoms with E-state index in [1.807, 2.05) is 12.1 Å². The molecule has 1 aliphatic heterocycles. The fraction of sp³-hybridized carbons (Fsp3) is 0.650. The van der Waals surface area contributed by atoms with Crippen molar-refractivity contribution in [2.24, 2.45) is 4.99 Å². The molecule has 1 aromatic carbocycles. The summed E-state index contributed by atoms with van der Waals surface area (Å²) in [6.07, 6.45) is 0. The van der Waals surface area contributed by atoms with Gasteiger partial charge in [0.2, 0.25) is 0 Å². The highest BCUT2D eigenvalue weighted by Crippen LogP contribution is 2.41. The molecule has 0 aliphatic carbocycles. The molecular weight excluding hydrogens is 334 g/mol. The summed E-state index contributed by atoms with van der Waals surface area (Å²) >= 11 is 0. The molecule has 0 radical (unpaired) electrons. The van der Waals surface area contributed by atoms with E-state index in [1.54, 1.807) is 7.11 Å². The molecule has 0 saturated heterocycles. The van der Waals surface area contributed by atoms with E-state index in [-0.39, 0.29) is 5.41 Å². The number of fused-ring (bicyclic) bond motifs is 1. The summed E-state index contributed by atoms with van der Waals surface area (Å²) in [5.74, 6) is 0.856. The Balaban J connectivity index is 1.53. The highest BCUT2D eigenvalue weighted by molar-refractivity contribution is 5.99. The Labute approximate surface area is 156 Å². The molecule has 146 valence electrons. The van der Waals surface area contributed by atoms with Crippen LogP contribution in [0.5, 0.6) is 5.75 Å². The number of methoxy groups -OCH3 is 1. The van der Waals surface area contributed by atoms with Gasteiger partial charge in [-0.1, -0.05) is 13.8 Å². The molecule has 0 unspecified atom stereocenters. The second-order valence-electron chi connectivity index (χ2n) is 6.68. The van der Waals surface area contributed by atoms with Gasteiger partial charge in [-0.2, -0.15) is 0 Å². The Bertz CT molecular complexity index is 586. The number of hydrogen-bond donors (Lipinski definition) is 0. The lowest BCUT2D eigenvalue weighted by Crippen LogP contribution is -2.22. The summed E-state index contributed by atoms with van der Waals surface area (Å²) < 4.78 is 26.9. The van der Waals surface area contributed by atoms with E-state index < -0.39 is 0 Å². The third kappa shape index (κ3) is 6.06. The molecule has 0 atom stereocenters. The first-order valence-corrected chi connectivity index (χ1v) is 9.11. The van der Waals surface area contributed by atoms with Crippen LogP contribution in [-0.2, 0) is 24.4 Å². The second-order valence-corrected chi connectivity index (χ2v) is 6.68. The van der Waals surface area contributed by atoms with Gasteiger partial charge in [0.1, 0.15) is 12.4 Å². The molecule has 0 saturated carbocycles. The fourth-order valence-electron chi connectivity index (χ4n) is 2.62. The van der Waals surface area contributed by atoms with Crippen LogP contribution in [0.4, 0.5) is 5.69 Å². The molecular formula is C20H31NO5. The Kier molecular flexibility index (Phi) is 8.51. The van der Waals surface area contributed by atoms with Crippen LogP contribution in [-0.4, -0.2) is 65.7 Å². The maximum absolute atomic E-state index is 5.79. The van der Waals surface area contributed by atoms with E-state index in [0.29, 0.717) is 52.9 Å². The van der Waals surface area contributed by atoms with E-state index in [2.05, 4.69) is 31.8 Å². The molecule has 1 aliphatic rings. The summed E-state index contributed by atoms with van der Waals surface area (Å²) in [5, 5.41) is 0.